The molecule has 7 nitrogen and oxygen atoms in total. The number of nitrogens with zero attached hydrogens (tertiary/aromatic N) is 3. The number of carbonyl (C=O) groups is 1. The highest BCUT2D eigenvalue weighted by molar-refractivity contribution is 5.73. The van der Waals surface area contributed by atoms with Crippen LogP contribution in [-0.2, 0) is 4.74 Å². The fourth-order valence-electron chi connectivity index (χ4n) is 3.10. The fourth-order valence-corrected chi connectivity index (χ4v) is 3.10. The average molecular weight is 348 g/mol. The van der Waals surface area contributed by atoms with Gasteiger partial charge in [-0.25, -0.2) is 9.18 Å². The molecule has 1 saturated heterocycles. The van der Waals surface area contributed by atoms with E-state index in [1.807, 2.05) is 20.8 Å². The Hall–Kier alpha value is -2.69. The number of nitrogens with two attached hydrogens (primary N) is 1. The summed E-state index contributed by atoms with van der Waals surface area (Å²) in [5.41, 5.74) is 5.24. The van der Waals surface area contributed by atoms with Crippen molar-refractivity contribution in [2.75, 3.05) is 36.9 Å². The Labute approximate surface area is 145 Å². The molecule has 0 spiro atoms. The van der Waals surface area contributed by atoms with E-state index in [4.69, 9.17) is 20.5 Å². The van der Waals surface area contributed by atoms with Crippen LogP contribution in [0.3, 0.4) is 0 Å². The summed E-state index contributed by atoms with van der Waals surface area (Å²) in [4.78, 5) is 15.8. The van der Waals surface area contributed by atoms with Crippen molar-refractivity contribution >= 4 is 17.5 Å². The van der Waals surface area contributed by atoms with Gasteiger partial charge in [-0.3, -0.25) is 4.90 Å². The Bertz CT molecular complexity index is 754. The van der Waals surface area contributed by atoms with Crippen LogP contribution in [0.5, 0.6) is 5.75 Å². The van der Waals surface area contributed by atoms with Gasteiger partial charge >= 0.3 is 6.09 Å². The van der Waals surface area contributed by atoms with Gasteiger partial charge in [0.25, 0.3) is 0 Å². The lowest BCUT2D eigenvalue weighted by atomic mass is 10.1. The Morgan fingerprint density at radius 1 is 1.48 bits per heavy atom. The molecule has 0 radical (unpaired) electrons. The predicted octanol–water partition coefficient (Wildman–Crippen LogP) is 2.10. The minimum absolute atomic E-state index is 0.0420. The summed E-state index contributed by atoms with van der Waals surface area (Å²) >= 11 is 0. The number of amides is 1. The van der Waals surface area contributed by atoms with Crippen LogP contribution in [0.25, 0.3) is 0 Å². The average Bonchev–Trinajstić information content (AvgIpc) is 2.63. The fraction of sp³-hybridized carbons (Fsp3) is 0.529. The molecular weight excluding hydrogens is 327 g/mol. The van der Waals surface area contributed by atoms with E-state index < -0.39 is 17.5 Å². The first-order valence-electron chi connectivity index (χ1n) is 8.10. The molecule has 2 aliphatic rings. The van der Waals surface area contributed by atoms with Gasteiger partial charge in [0.15, 0.2) is 5.82 Å². The number of nitriles is 1. The molecule has 3 rings (SSSR count). The number of fused-ring (bicyclic) bond motifs is 4. The molecule has 1 amide bonds. The number of carbonyl (C=O) groups excluding carboxylic acids is 1. The van der Waals surface area contributed by atoms with Crippen LogP contribution in [0.4, 0.5) is 20.6 Å². The third-order valence-electron chi connectivity index (χ3n) is 4.21. The summed E-state index contributed by atoms with van der Waals surface area (Å²) in [5.74, 6) is -0.383. The number of ether oxygens (including phenoxy) is 2. The first-order chi connectivity index (χ1) is 11.7. The molecule has 1 fully saturated rings. The molecule has 2 aliphatic heterocycles. The maximum atomic E-state index is 14.7. The maximum Gasteiger partial charge on any atom is 0.410 e. The molecule has 1 aromatic carbocycles. The smallest absolute Gasteiger partial charge is 0.410 e. The Balaban J connectivity index is 1.89. The van der Waals surface area contributed by atoms with Gasteiger partial charge in [-0.05, 0) is 20.8 Å². The molecule has 8 heteroatoms. The highest BCUT2D eigenvalue weighted by Crippen LogP contribution is 2.39. The minimum atomic E-state index is -0.677. The van der Waals surface area contributed by atoms with Crippen LogP contribution >= 0.6 is 0 Å². The van der Waals surface area contributed by atoms with E-state index in [1.54, 1.807) is 15.9 Å². The first kappa shape index (κ1) is 17.1. The lowest BCUT2D eigenvalue weighted by Crippen LogP contribution is -2.57. The van der Waals surface area contributed by atoms with Gasteiger partial charge in [-0.15, -0.1) is 0 Å². The number of rotatable bonds is 0. The third-order valence-corrected chi connectivity index (χ3v) is 4.21. The van der Waals surface area contributed by atoms with Gasteiger partial charge in [0.05, 0.1) is 11.7 Å². The summed E-state index contributed by atoms with van der Waals surface area (Å²) in [5, 5.41) is 9.12. The molecule has 0 aromatic heterocycles. The summed E-state index contributed by atoms with van der Waals surface area (Å²) in [6.07, 6.45) is -0.413. The monoisotopic (exact) mass is 348 g/mol. The van der Waals surface area contributed by atoms with E-state index >= 15 is 0 Å². The Morgan fingerprint density at radius 2 is 2.20 bits per heavy atom. The van der Waals surface area contributed by atoms with E-state index in [2.05, 4.69) is 0 Å². The first-order valence-corrected chi connectivity index (χ1v) is 8.10. The lowest BCUT2D eigenvalue weighted by molar-refractivity contribution is 0.00975. The van der Waals surface area contributed by atoms with Crippen molar-refractivity contribution in [1.29, 1.82) is 5.26 Å². The molecule has 0 saturated carbocycles. The largest absolute Gasteiger partial charge is 0.489 e. The van der Waals surface area contributed by atoms with Crippen molar-refractivity contribution < 1.29 is 18.7 Å². The zero-order valence-electron chi connectivity index (χ0n) is 14.5. The van der Waals surface area contributed by atoms with E-state index in [0.717, 1.165) is 0 Å². The molecular formula is C17H21FN4O3. The van der Waals surface area contributed by atoms with Crippen molar-refractivity contribution in [3.05, 3.63) is 17.4 Å². The topological polar surface area (TPSA) is 91.8 Å². The van der Waals surface area contributed by atoms with Crippen LogP contribution in [0, 0.1) is 17.1 Å². The van der Waals surface area contributed by atoms with Gasteiger partial charge < -0.3 is 20.1 Å². The standard InChI is InChI=1S/C17H21FN4O3/c1-17(2,3)25-16(23)22-5-4-21-8-10(22)9-24-13-6-12(20)11(7-19)14(18)15(13)21/h6,10H,4-5,8-9,20H2,1-3H3/t10-/m0/s1. The number of piperazine rings is 1. The summed E-state index contributed by atoms with van der Waals surface area (Å²) < 4.78 is 25.9. The number of hydrogen-bond acceptors (Lipinski definition) is 6. The number of anilines is 2. The molecule has 134 valence electrons. The summed E-state index contributed by atoms with van der Waals surface area (Å²) in [6, 6.07) is 2.99. The zero-order valence-corrected chi connectivity index (χ0v) is 14.5. The van der Waals surface area contributed by atoms with Crippen molar-refractivity contribution in [2.45, 2.75) is 32.4 Å². The van der Waals surface area contributed by atoms with Gasteiger partial charge in [-0.2, -0.15) is 5.26 Å². The number of benzene rings is 1. The minimum Gasteiger partial charge on any atom is -0.489 e. The summed E-state index contributed by atoms with van der Waals surface area (Å²) in [7, 11) is 0. The van der Waals surface area contributed by atoms with Gasteiger partial charge in [0.2, 0.25) is 0 Å². The highest BCUT2D eigenvalue weighted by Gasteiger charge is 2.38. The molecule has 1 aromatic rings. The SMILES string of the molecule is CC(C)(C)OC(=O)N1CCN2C[C@H]1COc1cc(N)c(C#N)c(F)c12. The van der Waals surface area contributed by atoms with Crippen molar-refractivity contribution in [1.82, 2.24) is 4.90 Å². The second-order valence-electron chi connectivity index (χ2n) is 7.20. The van der Waals surface area contributed by atoms with Crippen LogP contribution < -0.4 is 15.4 Å². The molecule has 0 aliphatic carbocycles. The van der Waals surface area contributed by atoms with Crippen LogP contribution in [-0.4, -0.2) is 48.9 Å². The second-order valence-corrected chi connectivity index (χ2v) is 7.20. The molecule has 25 heavy (non-hydrogen) atoms. The molecule has 2 N–H and O–H groups in total. The number of halogens is 1. The predicted molar refractivity (Wildman–Crippen MR) is 90.0 cm³/mol. The van der Waals surface area contributed by atoms with Gasteiger partial charge in [0.1, 0.15) is 35.3 Å². The summed E-state index contributed by atoms with van der Waals surface area (Å²) in [6.45, 7) is 6.82. The molecule has 2 heterocycles. The van der Waals surface area contributed by atoms with Crippen molar-refractivity contribution in [2.24, 2.45) is 0 Å². The number of hydrogen-bond donors (Lipinski definition) is 1. The lowest BCUT2D eigenvalue weighted by Gasteiger charge is -2.40. The van der Waals surface area contributed by atoms with E-state index in [1.165, 1.54) is 6.07 Å². The van der Waals surface area contributed by atoms with E-state index in [-0.39, 0.29) is 29.6 Å². The molecule has 0 unspecified atom stereocenters. The normalized spacial score (nSPS) is 19.4. The van der Waals surface area contributed by atoms with Crippen LogP contribution in [0.15, 0.2) is 6.07 Å². The molecule has 1 atom stereocenters. The van der Waals surface area contributed by atoms with Crippen LogP contribution in [0.2, 0.25) is 0 Å². The number of nitrogen functional groups attached to an aromatic ring is 1. The van der Waals surface area contributed by atoms with Crippen LogP contribution in [0.1, 0.15) is 26.3 Å². The van der Waals surface area contributed by atoms with Gasteiger partial charge in [-0.1, -0.05) is 0 Å². The Kier molecular flexibility index (Phi) is 4.11. The highest BCUT2D eigenvalue weighted by atomic mass is 19.1. The van der Waals surface area contributed by atoms with E-state index in [0.29, 0.717) is 25.4 Å². The van der Waals surface area contributed by atoms with Crippen molar-refractivity contribution in [3.8, 4) is 11.8 Å². The maximum absolute atomic E-state index is 14.7. The van der Waals surface area contributed by atoms with Gasteiger partial charge in [0, 0.05) is 25.7 Å². The molecule has 2 bridgehead atoms. The quantitative estimate of drug-likeness (QED) is 0.722. The zero-order chi connectivity index (χ0) is 18.4. The van der Waals surface area contributed by atoms with Crippen molar-refractivity contribution in [3.63, 3.8) is 0 Å². The second kappa shape index (κ2) is 5.99. The Morgan fingerprint density at radius 3 is 2.84 bits per heavy atom. The van der Waals surface area contributed by atoms with E-state index in [9.17, 15) is 9.18 Å². The third kappa shape index (κ3) is 3.14.